The number of rotatable bonds is 9. The van der Waals surface area contributed by atoms with Gasteiger partial charge in [0.2, 0.25) is 15.9 Å². The first-order chi connectivity index (χ1) is 19.9. The lowest BCUT2D eigenvalue weighted by atomic mass is 10.2. The van der Waals surface area contributed by atoms with Crippen LogP contribution in [0, 0.1) is 5.92 Å². The Labute approximate surface area is 254 Å². The van der Waals surface area contributed by atoms with Crippen LogP contribution >= 0.6 is 11.3 Å². The fourth-order valence-electron chi connectivity index (χ4n) is 4.13. The summed E-state index contributed by atoms with van der Waals surface area (Å²) in [4.78, 5) is 21.5. The number of nitrogens with one attached hydrogen (secondary N) is 1. The zero-order chi connectivity index (χ0) is 30.9. The van der Waals surface area contributed by atoms with Crippen molar-refractivity contribution < 1.29 is 27.4 Å². The molecule has 1 aromatic carbocycles. The van der Waals surface area contributed by atoms with Crippen LogP contribution in [0.25, 0.3) is 21.6 Å². The van der Waals surface area contributed by atoms with E-state index >= 15 is 0 Å². The van der Waals surface area contributed by atoms with Crippen LogP contribution in [0.2, 0.25) is 0 Å². The Morgan fingerprint density at radius 3 is 2.19 bits per heavy atom. The number of fused-ring (bicyclic) bond motifs is 1. The predicted molar refractivity (Wildman–Crippen MR) is 169 cm³/mol. The van der Waals surface area contributed by atoms with Gasteiger partial charge in [-0.1, -0.05) is 19.9 Å². The Morgan fingerprint density at radius 2 is 1.67 bits per heavy atom. The van der Waals surface area contributed by atoms with Gasteiger partial charge in [0.1, 0.15) is 17.5 Å². The third-order valence-electron chi connectivity index (χ3n) is 6.36. The Morgan fingerprint density at radius 1 is 0.976 bits per heavy atom. The van der Waals surface area contributed by atoms with E-state index in [-0.39, 0.29) is 35.4 Å². The van der Waals surface area contributed by atoms with Gasteiger partial charge in [-0.3, -0.25) is 4.79 Å². The van der Waals surface area contributed by atoms with Crippen LogP contribution in [0.5, 0.6) is 11.6 Å². The second-order valence-corrected chi connectivity index (χ2v) is 14.3. The van der Waals surface area contributed by atoms with E-state index in [0.29, 0.717) is 5.88 Å². The van der Waals surface area contributed by atoms with Crippen LogP contribution in [-0.4, -0.2) is 55.0 Å². The Bertz CT molecular complexity index is 1380. The Balaban J connectivity index is 0.000000194. The summed E-state index contributed by atoms with van der Waals surface area (Å²) in [5.74, 6) is 1.30. The number of ether oxygens (including phenoxy) is 3. The summed E-state index contributed by atoms with van der Waals surface area (Å²) in [5, 5.41) is 1.93. The zero-order valence-electron chi connectivity index (χ0n) is 25.8. The molecule has 232 valence electrons. The summed E-state index contributed by atoms with van der Waals surface area (Å²) in [7, 11) is -1.30. The highest BCUT2D eigenvalue weighted by molar-refractivity contribution is 7.90. The second kappa shape index (κ2) is 15.6. The maximum Gasteiger partial charge on any atom is 0.308 e. The summed E-state index contributed by atoms with van der Waals surface area (Å²) in [6.45, 7) is 11.4. The van der Waals surface area contributed by atoms with E-state index in [1.165, 1.54) is 12.8 Å². The molecular weight excluding hydrogens is 574 g/mol. The SMILES string of the molecule is CC(C)C(=O)OC1CCCC1.CC(C)NS(=O)(=O)C1CC1.COc1ccc2nc(-c3cccs3)c(OC(C)C)nc2c1. The van der Waals surface area contributed by atoms with Gasteiger partial charge in [0.25, 0.3) is 0 Å². The highest BCUT2D eigenvalue weighted by Gasteiger charge is 2.35. The first-order valence-electron chi connectivity index (χ1n) is 14.7. The zero-order valence-corrected chi connectivity index (χ0v) is 27.4. The van der Waals surface area contributed by atoms with Crippen molar-refractivity contribution in [1.29, 1.82) is 0 Å². The van der Waals surface area contributed by atoms with Crippen molar-refractivity contribution >= 4 is 38.4 Å². The van der Waals surface area contributed by atoms with Crippen LogP contribution in [-0.2, 0) is 19.6 Å². The fraction of sp³-hybridized carbons (Fsp3) is 0.581. The Hall–Kier alpha value is -2.76. The lowest BCUT2D eigenvalue weighted by molar-refractivity contribution is -0.152. The van der Waals surface area contributed by atoms with Gasteiger partial charge in [-0.25, -0.2) is 23.1 Å². The molecule has 0 radical (unpaired) electrons. The average Bonchev–Trinajstić information content (AvgIpc) is 3.42. The van der Waals surface area contributed by atoms with Crippen molar-refractivity contribution in [3.63, 3.8) is 0 Å². The molecule has 0 amide bonds. The molecule has 1 N–H and O–H groups in total. The van der Waals surface area contributed by atoms with E-state index in [1.807, 2.05) is 77.3 Å². The second-order valence-electron chi connectivity index (χ2n) is 11.4. The maximum absolute atomic E-state index is 11.1. The molecule has 2 fully saturated rings. The van der Waals surface area contributed by atoms with Gasteiger partial charge in [-0.2, -0.15) is 0 Å². The monoisotopic (exact) mass is 619 g/mol. The standard InChI is InChI=1S/C16H16N2O2S.C9H16O2.C6H13NO2S/c1-10(2)20-16-15(14-5-4-8-21-14)17-12-7-6-11(19-3)9-13(12)18-16;1-7(2)9(10)11-8-5-3-4-6-8;1-5(2)7-10(8,9)6-3-4-6/h4-10H,1-3H3;7-8H,3-6H2,1-2H3;5-7H,3-4H2,1-2H3. The summed E-state index contributed by atoms with van der Waals surface area (Å²) in [6, 6.07) is 9.73. The average molecular weight is 620 g/mol. The number of hydrogen-bond donors (Lipinski definition) is 1. The molecule has 2 saturated carbocycles. The number of esters is 1. The third kappa shape index (κ3) is 10.5. The van der Waals surface area contributed by atoms with Gasteiger partial charge >= 0.3 is 5.97 Å². The third-order valence-corrected chi connectivity index (χ3v) is 9.39. The minimum atomic E-state index is -2.94. The molecule has 42 heavy (non-hydrogen) atoms. The minimum Gasteiger partial charge on any atom is -0.497 e. The van der Waals surface area contributed by atoms with Gasteiger partial charge in [0.05, 0.1) is 40.3 Å². The van der Waals surface area contributed by atoms with Gasteiger partial charge in [-0.15, -0.1) is 11.3 Å². The van der Waals surface area contributed by atoms with Gasteiger partial charge in [0.15, 0.2) is 0 Å². The summed E-state index contributed by atoms with van der Waals surface area (Å²) in [6.07, 6.45) is 6.51. The molecule has 3 aromatic rings. The van der Waals surface area contributed by atoms with E-state index in [4.69, 9.17) is 19.2 Å². The van der Waals surface area contributed by atoms with Crippen LogP contribution in [0.1, 0.15) is 80.1 Å². The normalized spacial score (nSPS) is 15.3. The van der Waals surface area contributed by atoms with Gasteiger partial charge in [0, 0.05) is 12.1 Å². The fourth-order valence-corrected chi connectivity index (χ4v) is 6.45. The van der Waals surface area contributed by atoms with Crippen LogP contribution in [0.3, 0.4) is 0 Å². The van der Waals surface area contributed by atoms with Crippen LogP contribution in [0.15, 0.2) is 35.7 Å². The molecule has 2 aliphatic carbocycles. The van der Waals surface area contributed by atoms with Crippen LogP contribution < -0.4 is 14.2 Å². The quantitative estimate of drug-likeness (QED) is 0.261. The van der Waals surface area contributed by atoms with Crippen LogP contribution in [0.4, 0.5) is 0 Å². The molecule has 9 nitrogen and oxygen atoms in total. The summed E-state index contributed by atoms with van der Waals surface area (Å²) >= 11 is 1.63. The number of carbonyl (C=O) groups is 1. The van der Waals surface area contributed by atoms with E-state index in [0.717, 1.165) is 53.0 Å². The number of aromatic nitrogens is 2. The van der Waals surface area contributed by atoms with Gasteiger partial charge in [-0.05, 0) is 89.8 Å². The molecule has 5 rings (SSSR count). The Kier molecular flexibility index (Phi) is 12.6. The number of methoxy groups -OCH3 is 1. The molecule has 0 aliphatic heterocycles. The highest BCUT2D eigenvalue weighted by atomic mass is 32.2. The van der Waals surface area contributed by atoms with Crippen molar-refractivity contribution in [2.75, 3.05) is 7.11 Å². The van der Waals surface area contributed by atoms with Crippen molar-refractivity contribution in [2.45, 2.75) is 104 Å². The molecular formula is C31H45N3O6S2. The number of nitrogens with zero attached hydrogens (tertiary/aromatic N) is 2. The van der Waals surface area contributed by atoms with E-state index < -0.39 is 10.0 Å². The lowest BCUT2D eigenvalue weighted by Crippen LogP contribution is -2.32. The van der Waals surface area contributed by atoms with Crippen molar-refractivity contribution in [3.05, 3.63) is 35.7 Å². The first kappa shape index (κ1) is 33.7. The maximum atomic E-state index is 11.1. The number of thiophene rings is 1. The number of sulfonamides is 1. The number of hydrogen-bond acceptors (Lipinski definition) is 9. The van der Waals surface area contributed by atoms with Crippen molar-refractivity contribution in [1.82, 2.24) is 14.7 Å². The molecule has 11 heteroatoms. The highest BCUT2D eigenvalue weighted by Crippen LogP contribution is 2.33. The number of carbonyl (C=O) groups excluding carboxylic acids is 1. The summed E-state index contributed by atoms with van der Waals surface area (Å²) < 4.78 is 41.1. The van der Waals surface area contributed by atoms with E-state index in [2.05, 4.69) is 9.71 Å². The minimum absolute atomic E-state index is 0.0237. The molecule has 2 heterocycles. The van der Waals surface area contributed by atoms with E-state index in [9.17, 15) is 13.2 Å². The molecule has 0 atom stereocenters. The lowest BCUT2D eigenvalue weighted by Gasteiger charge is -2.13. The predicted octanol–water partition coefficient (Wildman–Crippen LogP) is 6.76. The first-order valence-corrected chi connectivity index (χ1v) is 17.1. The van der Waals surface area contributed by atoms with Crippen molar-refractivity contribution in [3.8, 4) is 22.2 Å². The molecule has 2 aromatic heterocycles. The molecule has 0 bridgehead atoms. The van der Waals surface area contributed by atoms with E-state index in [1.54, 1.807) is 18.4 Å². The largest absolute Gasteiger partial charge is 0.497 e. The number of benzene rings is 1. The smallest absolute Gasteiger partial charge is 0.308 e. The van der Waals surface area contributed by atoms with Gasteiger partial charge < -0.3 is 14.2 Å². The van der Waals surface area contributed by atoms with Crippen molar-refractivity contribution in [2.24, 2.45) is 5.92 Å². The summed E-state index contributed by atoms with van der Waals surface area (Å²) in [5.41, 5.74) is 2.39. The molecule has 0 saturated heterocycles. The topological polar surface area (TPSA) is 117 Å². The molecule has 0 unspecified atom stereocenters. The molecule has 2 aliphatic rings. The molecule has 0 spiro atoms.